The Kier molecular flexibility index (Phi) is 5.83. The van der Waals surface area contributed by atoms with Crippen molar-refractivity contribution in [2.45, 2.75) is 12.2 Å². The maximum atomic E-state index is 13.1. The molecule has 0 fully saturated rings. The minimum absolute atomic E-state index is 0.247. The third-order valence-electron chi connectivity index (χ3n) is 5.38. The molecule has 0 bridgehead atoms. The van der Waals surface area contributed by atoms with Gasteiger partial charge in [0.15, 0.2) is 0 Å². The normalized spacial score (nSPS) is 17.8. The van der Waals surface area contributed by atoms with E-state index >= 15 is 0 Å². The van der Waals surface area contributed by atoms with Crippen LogP contribution in [0.1, 0.15) is 16.7 Å². The van der Waals surface area contributed by atoms with Gasteiger partial charge in [0.05, 0.1) is 26.9 Å². The number of hydrogen-bond donors (Lipinski definition) is 1. The standard InChI is InChI=1S/C25H23NO6/c1-29-19-8-6-18(7-9-19)25(28)22(11-16-5-4-10-26-15-16)23(24(27)32-25)17-12-20(30-2)14-21(13-17)31-3/h4-10,12-15,28H,11H2,1-3H3. The molecule has 1 aliphatic rings. The van der Waals surface area contributed by atoms with Crippen molar-refractivity contribution in [1.29, 1.82) is 0 Å². The van der Waals surface area contributed by atoms with Crippen molar-refractivity contribution in [1.82, 2.24) is 4.98 Å². The molecule has 0 saturated heterocycles. The average molecular weight is 433 g/mol. The maximum Gasteiger partial charge on any atom is 0.342 e. The van der Waals surface area contributed by atoms with E-state index in [1.54, 1.807) is 68.0 Å². The summed E-state index contributed by atoms with van der Waals surface area (Å²) in [6, 6.07) is 15.6. The maximum absolute atomic E-state index is 13.1. The number of esters is 1. The van der Waals surface area contributed by atoms with E-state index in [2.05, 4.69) is 4.98 Å². The van der Waals surface area contributed by atoms with E-state index < -0.39 is 11.8 Å². The van der Waals surface area contributed by atoms with Crippen LogP contribution in [0.3, 0.4) is 0 Å². The van der Waals surface area contributed by atoms with E-state index in [0.717, 1.165) is 5.56 Å². The van der Waals surface area contributed by atoms with E-state index in [1.165, 1.54) is 14.2 Å². The first-order chi connectivity index (χ1) is 15.5. The topological polar surface area (TPSA) is 87.1 Å². The molecule has 7 nitrogen and oxygen atoms in total. The van der Waals surface area contributed by atoms with Crippen molar-refractivity contribution in [2.75, 3.05) is 21.3 Å². The molecule has 1 aliphatic heterocycles. The Hall–Kier alpha value is -3.84. The summed E-state index contributed by atoms with van der Waals surface area (Å²) in [5.74, 6) is -0.944. The Morgan fingerprint density at radius 3 is 2.16 bits per heavy atom. The summed E-state index contributed by atoms with van der Waals surface area (Å²) in [7, 11) is 4.62. The minimum Gasteiger partial charge on any atom is -0.497 e. The van der Waals surface area contributed by atoms with Crippen molar-refractivity contribution in [2.24, 2.45) is 0 Å². The molecule has 2 heterocycles. The van der Waals surface area contributed by atoms with Crippen molar-refractivity contribution in [3.63, 3.8) is 0 Å². The Labute approximate surface area is 185 Å². The summed E-state index contributed by atoms with van der Waals surface area (Å²) in [5, 5.41) is 11.7. The molecule has 32 heavy (non-hydrogen) atoms. The number of benzene rings is 2. The first-order valence-electron chi connectivity index (χ1n) is 9.94. The lowest BCUT2D eigenvalue weighted by atomic mass is 9.88. The molecule has 4 rings (SSSR count). The van der Waals surface area contributed by atoms with Gasteiger partial charge < -0.3 is 24.1 Å². The zero-order valence-corrected chi connectivity index (χ0v) is 18.0. The second kappa shape index (κ2) is 8.72. The first-order valence-corrected chi connectivity index (χ1v) is 9.94. The van der Waals surface area contributed by atoms with E-state index in [0.29, 0.717) is 33.9 Å². The van der Waals surface area contributed by atoms with Crippen LogP contribution in [-0.4, -0.2) is 37.4 Å². The van der Waals surface area contributed by atoms with Crippen LogP contribution in [0.5, 0.6) is 17.2 Å². The summed E-state index contributed by atoms with van der Waals surface area (Å²) in [5.41, 5.74) is 2.41. The molecular formula is C25H23NO6. The lowest BCUT2D eigenvalue weighted by Gasteiger charge is -2.25. The fraction of sp³-hybridized carbons (Fsp3) is 0.200. The highest BCUT2D eigenvalue weighted by molar-refractivity contribution is 6.20. The van der Waals surface area contributed by atoms with Gasteiger partial charge in [-0.2, -0.15) is 0 Å². The van der Waals surface area contributed by atoms with Gasteiger partial charge in [-0.3, -0.25) is 4.98 Å². The fourth-order valence-electron chi connectivity index (χ4n) is 3.75. The summed E-state index contributed by atoms with van der Waals surface area (Å²) in [6.45, 7) is 0. The van der Waals surface area contributed by atoms with Crippen molar-refractivity contribution < 1.29 is 28.8 Å². The Morgan fingerprint density at radius 1 is 0.938 bits per heavy atom. The number of rotatable bonds is 7. The largest absolute Gasteiger partial charge is 0.497 e. The predicted octanol–water partition coefficient (Wildman–Crippen LogP) is 3.51. The van der Waals surface area contributed by atoms with Crippen LogP contribution in [0.2, 0.25) is 0 Å². The highest BCUT2D eigenvalue weighted by Gasteiger charge is 2.48. The SMILES string of the molecule is COc1ccc(C2(O)OC(=O)C(c3cc(OC)cc(OC)c3)=C2Cc2cccnc2)cc1. The van der Waals surface area contributed by atoms with Crippen molar-refractivity contribution >= 4 is 11.5 Å². The lowest BCUT2D eigenvalue weighted by molar-refractivity contribution is -0.185. The van der Waals surface area contributed by atoms with Crippen LogP contribution in [-0.2, 0) is 21.7 Å². The monoisotopic (exact) mass is 433 g/mol. The number of cyclic esters (lactones) is 1. The van der Waals surface area contributed by atoms with Crippen molar-refractivity contribution in [3.05, 3.63) is 89.3 Å². The Morgan fingerprint density at radius 2 is 1.59 bits per heavy atom. The number of carbonyl (C=O) groups is 1. The number of ether oxygens (including phenoxy) is 4. The second-order valence-electron chi connectivity index (χ2n) is 7.25. The van der Waals surface area contributed by atoms with Gasteiger partial charge in [-0.05, 0) is 53.6 Å². The Bertz CT molecular complexity index is 1130. The molecule has 0 spiro atoms. The quantitative estimate of drug-likeness (QED) is 0.571. The van der Waals surface area contributed by atoms with E-state index in [-0.39, 0.29) is 12.0 Å². The van der Waals surface area contributed by atoms with Crippen LogP contribution >= 0.6 is 0 Å². The zero-order chi connectivity index (χ0) is 22.7. The van der Waals surface area contributed by atoms with E-state index in [1.807, 2.05) is 6.07 Å². The van der Waals surface area contributed by atoms with Crippen LogP contribution in [0.25, 0.3) is 5.57 Å². The van der Waals surface area contributed by atoms with E-state index in [4.69, 9.17) is 18.9 Å². The second-order valence-corrected chi connectivity index (χ2v) is 7.25. The molecule has 0 aliphatic carbocycles. The summed E-state index contributed by atoms with van der Waals surface area (Å²) < 4.78 is 21.6. The molecule has 2 aromatic carbocycles. The molecule has 164 valence electrons. The van der Waals surface area contributed by atoms with Gasteiger partial charge in [-0.15, -0.1) is 0 Å². The summed E-state index contributed by atoms with van der Waals surface area (Å²) >= 11 is 0. The first kappa shape index (κ1) is 21.4. The van der Waals surface area contributed by atoms with Crippen LogP contribution < -0.4 is 14.2 Å². The third kappa shape index (κ3) is 3.90. The van der Waals surface area contributed by atoms with Gasteiger partial charge in [-0.1, -0.05) is 6.07 Å². The summed E-state index contributed by atoms with van der Waals surface area (Å²) in [6.07, 6.45) is 3.60. The Balaban J connectivity index is 1.92. The highest BCUT2D eigenvalue weighted by atomic mass is 16.7. The average Bonchev–Trinajstić information content (AvgIpc) is 3.09. The van der Waals surface area contributed by atoms with Gasteiger partial charge >= 0.3 is 5.97 Å². The number of nitrogens with zero attached hydrogens (tertiary/aromatic N) is 1. The molecule has 1 atom stereocenters. The van der Waals surface area contributed by atoms with Gasteiger partial charge in [0.25, 0.3) is 5.79 Å². The molecule has 1 aromatic heterocycles. The van der Waals surface area contributed by atoms with Gasteiger partial charge in [0.1, 0.15) is 17.2 Å². The lowest BCUT2D eigenvalue weighted by Crippen LogP contribution is -2.29. The molecular weight excluding hydrogens is 410 g/mol. The van der Waals surface area contributed by atoms with Gasteiger partial charge in [0, 0.05) is 36.0 Å². The number of hydrogen-bond acceptors (Lipinski definition) is 7. The van der Waals surface area contributed by atoms with E-state index in [9.17, 15) is 9.90 Å². The molecule has 3 aromatic rings. The molecule has 0 saturated carbocycles. The molecule has 1 unspecified atom stereocenters. The highest BCUT2D eigenvalue weighted by Crippen LogP contribution is 2.45. The molecule has 0 radical (unpaired) electrons. The molecule has 1 N–H and O–H groups in total. The summed E-state index contributed by atoms with van der Waals surface area (Å²) in [4.78, 5) is 17.3. The number of aromatic nitrogens is 1. The van der Waals surface area contributed by atoms with Gasteiger partial charge in [-0.25, -0.2) is 4.79 Å². The molecule has 7 heteroatoms. The zero-order valence-electron chi connectivity index (χ0n) is 18.0. The number of pyridine rings is 1. The van der Waals surface area contributed by atoms with Crippen LogP contribution in [0.15, 0.2) is 72.6 Å². The number of carbonyl (C=O) groups excluding carboxylic acids is 1. The number of methoxy groups -OCH3 is 3. The predicted molar refractivity (Wildman–Crippen MR) is 117 cm³/mol. The smallest absolute Gasteiger partial charge is 0.342 e. The fourth-order valence-corrected chi connectivity index (χ4v) is 3.75. The van der Waals surface area contributed by atoms with Crippen molar-refractivity contribution in [3.8, 4) is 17.2 Å². The minimum atomic E-state index is -1.95. The number of aliphatic hydroxyl groups is 1. The third-order valence-corrected chi connectivity index (χ3v) is 5.38. The van der Waals surface area contributed by atoms with Crippen LogP contribution in [0.4, 0.5) is 0 Å². The van der Waals surface area contributed by atoms with Crippen LogP contribution in [0, 0.1) is 0 Å². The molecule has 0 amide bonds. The van der Waals surface area contributed by atoms with Gasteiger partial charge in [0.2, 0.25) is 0 Å².